The predicted octanol–water partition coefficient (Wildman–Crippen LogP) is 3.76. The third-order valence-electron chi connectivity index (χ3n) is 4.10. The molecule has 1 aliphatic heterocycles. The Labute approximate surface area is 120 Å². The molecule has 3 rings (SSSR count). The van der Waals surface area contributed by atoms with Crippen molar-refractivity contribution in [1.82, 2.24) is 0 Å². The largest absolute Gasteiger partial charge is 0.365 e. The van der Waals surface area contributed by atoms with E-state index in [9.17, 15) is 10.1 Å². The van der Waals surface area contributed by atoms with Gasteiger partial charge >= 0.3 is 0 Å². The first-order chi connectivity index (χ1) is 9.15. The molecule has 0 saturated carbocycles. The van der Waals surface area contributed by atoms with Gasteiger partial charge in [0, 0.05) is 23.6 Å². The van der Waals surface area contributed by atoms with Crippen molar-refractivity contribution in [3.05, 3.63) is 44.9 Å². The smallest absolute Gasteiger partial charge is 0.293 e. The Hall–Kier alpha value is -1.36. The van der Waals surface area contributed by atoms with E-state index < -0.39 is 0 Å². The second kappa shape index (κ2) is 4.96. The summed E-state index contributed by atoms with van der Waals surface area (Å²) in [6, 6.07) is 5.32. The van der Waals surface area contributed by atoms with E-state index in [0.717, 1.165) is 36.1 Å². The maximum absolute atomic E-state index is 11.2. The molecular formula is C14H15BrN2O2. The number of hydrogen-bond donors (Lipinski definition) is 0. The van der Waals surface area contributed by atoms with Crippen molar-refractivity contribution in [2.75, 3.05) is 18.0 Å². The van der Waals surface area contributed by atoms with Crippen molar-refractivity contribution in [2.24, 2.45) is 11.8 Å². The molecule has 2 aliphatic rings. The minimum atomic E-state index is -0.291. The summed E-state index contributed by atoms with van der Waals surface area (Å²) >= 11 is 3.30. The summed E-state index contributed by atoms with van der Waals surface area (Å²) in [4.78, 5) is 13.1. The van der Waals surface area contributed by atoms with Crippen LogP contribution in [-0.2, 0) is 0 Å². The highest BCUT2D eigenvalue weighted by atomic mass is 79.9. The Morgan fingerprint density at radius 2 is 1.84 bits per heavy atom. The average molecular weight is 323 g/mol. The van der Waals surface area contributed by atoms with Gasteiger partial charge in [-0.15, -0.1) is 0 Å². The summed E-state index contributed by atoms with van der Waals surface area (Å²) < 4.78 is 0.751. The number of fused-ring (bicyclic) bond motifs is 1. The summed E-state index contributed by atoms with van der Waals surface area (Å²) in [5.74, 6) is 1.29. The van der Waals surface area contributed by atoms with Gasteiger partial charge < -0.3 is 4.90 Å². The highest BCUT2D eigenvalue weighted by molar-refractivity contribution is 9.10. The quantitative estimate of drug-likeness (QED) is 0.473. The van der Waals surface area contributed by atoms with Gasteiger partial charge in [0.2, 0.25) is 0 Å². The number of allylic oxidation sites excluding steroid dienone is 2. The average Bonchev–Trinajstić information content (AvgIpc) is 2.82. The van der Waals surface area contributed by atoms with Gasteiger partial charge in [0.15, 0.2) is 0 Å². The van der Waals surface area contributed by atoms with E-state index in [1.807, 2.05) is 12.1 Å². The summed E-state index contributed by atoms with van der Waals surface area (Å²) in [5.41, 5.74) is 0.948. The summed E-state index contributed by atoms with van der Waals surface area (Å²) in [5, 5.41) is 11.2. The molecule has 0 N–H and O–H groups in total. The van der Waals surface area contributed by atoms with Gasteiger partial charge in [-0.05, 0) is 36.8 Å². The molecule has 0 bridgehead atoms. The number of nitro groups is 1. The van der Waals surface area contributed by atoms with Gasteiger partial charge in [0.05, 0.1) is 4.92 Å². The van der Waals surface area contributed by atoms with Crippen molar-refractivity contribution in [3.8, 4) is 0 Å². The van der Waals surface area contributed by atoms with Crippen LogP contribution in [0.4, 0.5) is 11.4 Å². The molecule has 0 radical (unpaired) electrons. The second-order valence-electron chi connectivity index (χ2n) is 5.26. The van der Waals surface area contributed by atoms with Crippen LogP contribution in [0.15, 0.2) is 34.8 Å². The van der Waals surface area contributed by atoms with Crippen molar-refractivity contribution in [3.63, 3.8) is 0 Å². The molecule has 1 heterocycles. The standard InChI is InChI=1S/C14H15BrN2O2/c15-12-5-6-13(14(7-12)17(18)19)16-8-10-3-1-2-4-11(10)9-16/h1-2,5-7,10-11H,3-4,8-9H2. The zero-order chi connectivity index (χ0) is 13.4. The fourth-order valence-corrected chi connectivity index (χ4v) is 3.47. The van der Waals surface area contributed by atoms with Gasteiger partial charge in [-0.1, -0.05) is 28.1 Å². The maximum atomic E-state index is 11.2. The summed E-state index contributed by atoms with van der Waals surface area (Å²) in [6.07, 6.45) is 6.68. The van der Waals surface area contributed by atoms with Crippen LogP contribution in [0.1, 0.15) is 12.8 Å². The zero-order valence-corrected chi connectivity index (χ0v) is 12.0. The SMILES string of the molecule is O=[N+]([O-])c1cc(Br)ccc1N1CC2CC=CCC2C1. The highest BCUT2D eigenvalue weighted by Crippen LogP contribution is 2.39. The molecule has 1 saturated heterocycles. The van der Waals surface area contributed by atoms with Gasteiger partial charge in [-0.25, -0.2) is 0 Å². The Morgan fingerprint density at radius 3 is 2.42 bits per heavy atom. The van der Waals surface area contributed by atoms with Crippen LogP contribution < -0.4 is 4.90 Å². The van der Waals surface area contributed by atoms with E-state index in [4.69, 9.17) is 0 Å². The Morgan fingerprint density at radius 1 is 1.21 bits per heavy atom. The predicted molar refractivity (Wildman–Crippen MR) is 78.4 cm³/mol. The maximum Gasteiger partial charge on any atom is 0.293 e. The van der Waals surface area contributed by atoms with E-state index in [1.54, 1.807) is 6.07 Å². The number of rotatable bonds is 2. The molecular weight excluding hydrogens is 308 g/mol. The first kappa shape index (κ1) is 12.7. The Kier molecular flexibility index (Phi) is 3.31. The van der Waals surface area contributed by atoms with Gasteiger partial charge in [0.25, 0.3) is 5.69 Å². The van der Waals surface area contributed by atoms with Crippen LogP contribution in [-0.4, -0.2) is 18.0 Å². The van der Waals surface area contributed by atoms with E-state index in [-0.39, 0.29) is 10.6 Å². The number of nitrogens with zero attached hydrogens (tertiary/aromatic N) is 2. The van der Waals surface area contributed by atoms with Crippen molar-refractivity contribution >= 4 is 27.3 Å². The van der Waals surface area contributed by atoms with E-state index >= 15 is 0 Å². The molecule has 2 unspecified atom stereocenters. The minimum absolute atomic E-state index is 0.195. The van der Waals surface area contributed by atoms with Gasteiger partial charge in [-0.3, -0.25) is 10.1 Å². The number of benzene rings is 1. The molecule has 4 nitrogen and oxygen atoms in total. The van der Waals surface area contributed by atoms with Crippen molar-refractivity contribution in [1.29, 1.82) is 0 Å². The Balaban J connectivity index is 1.89. The van der Waals surface area contributed by atoms with Gasteiger partial charge in [0.1, 0.15) is 5.69 Å². The minimum Gasteiger partial charge on any atom is -0.365 e. The lowest BCUT2D eigenvalue weighted by Gasteiger charge is -2.18. The van der Waals surface area contributed by atoms with Crippen LogP contribution >= 0.6 is 15.9 Å². The van der Waals surface area contributed by atoms with Crippen LogP contribution in [0.25, 0.3) is 0 Å². The monoisotopic (exact) mass is 322 g/mol. The first-order valence-corrected chi connectivity index (χ1v) is 7.28. The molecule has 2 atom stereocenters. The van der Waals surface area contributed by atoms with Crippen LogP contribution in [0.3, 0.4) is 0 Å². The molecule has 0 aromatic heterocycles. The molecule has 1 fully saturated rings. The fourth-order valence-electron chi connectivity index (χ4n) is 3.12. The molecule has 5 heteroatoms. The Bertz CT molecular complexity index is 528. The highest BCUT2D eigenvalue weighted by Gasteiger charge is 2.35. The number of hydrogen-bond acceptors (Lipinski definition) is 3. The molecule has 0 spiro atoms. The van der Waals surface area contributed by atoms with E-state index in [1.165, 1.54) is 0 Å². The molecule has 0 amide bonds. The van der Waals surface area contributed by atoms with Crippen molar-refractivity contribution in [2.45, 2.75) is 12.8 Å². The fraction of sp³-hybridized carbons (Fsp3) is 0.429. The number of anilines is 1. The lowest BCUT2D eigenvalue weighted by Crippen LogP contribution is -2.20. The molecule has 1 aromatic carbocycles. The second-order valence-corrected chi connectivity index (χ2v) is 6.17. The number of halogens is 1. The van der Waals surface area contributed by atoms with E-state index in [0.29, 0.717) is 11.8 Å². The summed E-state index contributed by atoms with van der Waals surface area (Å²) in [6.45, 7) is 1.86. The van der Waals surface area contributed by atoms with Crippen LogP contribution in [0.5, 0.6) is 0 Å². The van der Waals surface area contributed by atoms with Crippen molar-refractivity contribution < 1.29 is 4.92 Å². The van der Waals surface area contributed by atoms with E-state index in [2.05, 4.69) is 33.0 Å². The molecule has 1 aromatic rings. The van der Waals surface area contributed by atoms with Crippen LogP contribution in [0.2, 0.25) is 0 Å². The lowest BCUT2D eigenvalue weighted by molar-refractivity contribution is -0.384. The molecule has 100 valence electrons. The first-order valence-electron chi connectivity index (χ1n) is 6.49. The summed E-state index contributed by atoms with van der Waals surface area (Å²) in [7, 11) is 0. The topological polar surface area (TPSA) is 46.4 Å². The third-order valence-corrected chi connectivity index (χ3v) is 4.59. The number of nitro benzene ring substituents is 1. The van der Waals surface area contributed by atoms with Crippen LogP contribution in [0, 0.1) is 22.0 Å². The zero-order valence-electron chi connectivity index (χ0n) is 10.5. The third kappa shape index (κ3) is 2.39. The van der Waals surface area contributed by atoms with Gasteiger partial charge in [-0.2, -0.15) is 0 Å². The molecule has 1 aliphatic carbocycles. The molecule has 19 heavy (non-hydrogen) atoms. The normalized spacial score (nSPS) is 25.4. The lowest BCUT2D eigenvalue weighted by atomic mass is 9.86.